The summed E-state index contributed by atoms with van der Waals surface area (Å²) in [4.78, 5) is 11.4. The third-order valence-electron chi connectivity index (χ3n) is 2.59. The molecule has 0 aliphatic heterocycles. The SMILES string of the molecule is NCCOCCOCCNC(=O)OCC1=CCCC=C1. The molecule has 0 heterocycles. The molecule has 0 aromatic heterocycles. The Morgan fingerprint density at radius 1 is 1.20 bits per heavy atom. The molecule has 0 fully saturated rings. The standard InChI is InChI=1S/C14H24N2O4/c15-6-8-18-10-11-19-9-7-16-14(17)20-12-13-4-2-1-3-5-13/h2,4-5H,1,3,6-12,15H2,(H,16,17). The lowest BCUT2D eigenvalue weighted by Gasteiger charge is -2.09. The maximum absolute atomic E-state index is 11.4. The number of allylic oxidation sites excluding steroid dienone is 2. The van der Waals surface area contributed by atoms with Gasteiger partial charge < -0.3 is 25.3 Å². The van der Waals surface area contributed by atoms with Gasteiger partial charge in [-0.05, 0) is 18.4 Å². The minimum atomic E-state index is -0.423. The van der Waals surface area contributed by atoms with Crippen LogP contribution in [0.25, 0.3) is 0 Å². The first-order valence-corrected chi connectivity index (χ1v) is 6.94. The van der Waals surface area contributed by atoms with Gasteiger partial charge in [0.1, 0.15) is 6.61 Å². The number of carbonyl (C=O) groups excluding carboxylic acids is 1. The van der Waals surface area contributed by atoms with Crippen LogP contribution in [0.3, 0.4) is 0 Å². The Balaban J connectivity index is 1.90. The summed E-state index contributed by atoms with van der Waals surface area (Å²) < 4.78 is 15.5. The summed E-state index contributed by atoms with van der Waals surface area (Å²) in [6.07, 6.45) is 7.79. The molecule has 0 bridgehead atoms. The Bertz CT molecular complexity index is 329. The molecule has 6 heteroatoms. The quantitative estimate of drug-likeness (QED) is 0.584. The highest BCUT2D eigenvalue weighted by Crippen LogP contribution is 2.09. The molecule has 0 saturated carbocycles. The van der Waals surface area contributed by atoms with Crippen molar-refractivity contribution in [2.24, 2.45) is 5.73 Å². The van der Waals surface area contributed by atoms with E-state index < -0.39 is 6.09 Å². The number of amides is 1. The molecule has 114 valence electrons. The predicted octanol–water partition coefficient (Wildman–Crippen LogP) is 0.981. The van der Waals surface area contributed by atoms with Gasteiger partial charge >= 0.3 is 6.09 Å². The summed E-state index contributed by atoms with van der Waals surface area (Å²) >= 11 is 0. The van der Waals surface area contributed by atoms with E-state index in [0.717, 1.165) is 18.4 Å². The van der Waals surface area contributed by atoms with Gasteiger partial charge in [-0.3, -0.25) is 0 Å². The van der Waals surface area contributed by atoms with Crippen LogP contribution in [0.4, 0.5) is 4.79 Å². The van der Waals surface area contributed by atoms with Crippen molar-refractivity contribution in [3.8, 4) is 0 Å². The van der Waals surface area contributed by atoms with Gasteiger partial charge in [0, 0.05) is 13.1 Å². The number of carbonyl (C=O) groups is 1. The minimum Gasteiger partial charge on any atom is -0.445 e. The highest BCUT2D eigenvalue weighted by Gasteiger charge is 2.03. The molecule has 3 N–H and O–H groups in total. The van der Waals surface area contributed by atoms with E-state index in [4.69, 9.17) is 19.9 Å². The number of alkyl carbamates (subject to hydrolysis) is 1. The molecule has 0 aromatic rings. The molecule has 6 nitrogen and oxygen atoms in total. The summed E-state index contributed by atoms with van der Waals surface area (Å²) in [5, 5.41) is 2.63. The molecular weight excluding hydrogens is 260 g/mol. The number of hydrogen-bond donors (Lipinski definition) is 2. The molecule has 1 amide bonds. The second-order valence-electron chi connectivity index (χ2n) is 4.28. The van der Waals surface area contributed by atoms with Gasteiger partial charge in [-0.2, -0.15) is 0 Å². The van der Waals surface area contributed by atoms with Crippen LogP contribution in [-0.2, 0) is 14.2 Å². The normalized spacial score (nSPS) is 13.9. The average Bonchev–Trinajstić information content (AvgIpc) is 2.49. The molecule has 1 aliphatic carbocycles. The summed E-state index contributed by atoms with van der Waals surface area (Å²) in [5.74, 6) is 0. The van der Waals surface area contributed by atoms with E-state index in [0.29, 0.717) is 46.1 Å². The molecule has 0 unspecified atom stereocenters. The third-order valence-corrected chi connectivity index (χ3v) is 2.59. The van der Waals surface area contributed by atoms with Gasteiger partial charge in [-0.25, -0.2) is 4.79 Å². The zero-order valence-corrected chi connectivity index (χ0v) is 11.8. The second-order valence-corrected chi connectivity index (χ2v) is 4.28. The second kappa shape index (κ2) is 11.5. The van der Waals surface area contributed by atoms with E-state index in [2.05, 4.69) is 17.5 Å². The highest BCUT2D eigenvalue weighted by molar-refractivity contribution is 5.67. The van der Waals surface area contributed by atoms with Crippen LogP contribution < -0.4 is 11.1 Å². The lowest BCUT2D eigenvalue weighted by Crippen LogP contribution is -2.28. The van der Waals surface area contributed by atoms with Gasteiger partial charge in [0.2, 0.25) is 0 Å². The first kappa shape index (κ1) is 16.7. The van der Waals surface area contributed by atoms with Gasteiger partial charge in [-0.1, -0.05) is 18.2 Å². The van der Waals surface area contributed by atoms with Gasteiger partial charge in [0.15, 0.2) is 0 Å². The topological polar surface area (TPSA) is 82.8 Å². The zero-order valence-electron chi connectivity index (χ0n) is 11.8. The molecule has 20 heavy (non-hydrogen) atoms. The highest BCUT2D eigenvalue weighted by atomic mass is 16.5. The molecular formula is C14H24N2O4. The monoisotopic (exact) mass is 284 g/mol. The van der Waals surface area contributed by atoms with E-state index in [1.54, 1.807) is 0 Å². The van der Waals surface area contributed by atoms with Crippen molar-refractivity contribution >= 4 is 6.09 Å². The van der Waals surface area contributed by atoms with Crippen molar-refractivity contribution < 1.29 is 19.0 Å². The number of nitrogens with two attached hydrogens (primary N) is 1. The minimum absolute atomic E-state index is 0.316. The van der Waals surface area contributed by atoms with Crippen LogP contribution in [0.15, 0.2) is 23.8 Å². The van der Waals surface area contributed by atoms with Crippen LogP contribution in [0.1, 0.15) is 12.8 Å². The predicted molar refractivity (Wildman–Crippen MR) is 76.5 cm³/mol. The Morgan fingerprint density at radius 2 is 2.00 bits per heavy atom. The molecule has 0 aromatic carbocycles. The number of ether oxygens (including phenoxy) is 3. The summed E-state index contributed by atoms with van der Waals surface area (Å²) in [6, 6.07) is 0. The van der Waals surface area contributed by atoms with Crippen molar-refractivity contribution in [2.45, 2.75) is 12.8 Å². The lowest BCUT2D eigenvalue weighted by atomic mass is 10.1. The Hall–Kier alpha value is -1.37. The van der Waals surface area contributed by atoms with Crippen molar-refractivity contribution in [2.75, 3.05) is 46.1 Å². The van der Waals surface area contributed by atoms with Crippen LogP contribution >= 0.6 is 0 Å². The number of hydrogen-bond acceptors (Lipinski definition) is 5. The van der Waals surface area contributed by atoms with Crippen LogP contribution in [-0.4, -0.2) is 52.2 Å². The number of rotatable bonds is 10. The lowest BCUT2D eigenvalue weighted by molar-refractivity contribution is 0.0514. The zero-order chi connectivity index (χ0) is 14.5. The maximum atomic E-state index is 11.4. The van der Waals surface area contributed by atoms with Crippen LogP contribution in [0, 0.1) is 0 Å². The van der Waals surface area contributed by atoms with Crippen LogP contribution in [0.2, 0.25) is 0 Å². The molecule has 0 radical (unpaired) electrons. The first-order valence-electron chi connectivity index (χ1n) is 6.94. The Morgan fingerprint density at radius 3 is 2.70 bits per heavy atom. The third kappa shape index (κ3) is 8.68. The fourth-order valence-corrected chi connectivity index (χ4v) is 1.61. The summed E-state index contributed by atoms with van der Waals surface area (Å²) in [5.41, 5.74) is 6.31. The Labute approximate surface area is 119 Å². The van der Waals surface area contributed by atoms with E-state index in [1.165, 1.54) is 0 Å². The van der Waals surface area contributed by atoms with Crippen LogP contribution in [0.5, 0.6) is 0 Å². The largest absolute Gasteiger partial charge is 0.445 e. The molecule has 0 spiro atoms. The fraction of sp³-hybridized carbons (Fsp3) is 0.643. The molecule has 0 atom stereocenters. The van der Waals surface area contributed by atoms with Crippen molar-refractivity contribution in [1.82, 2.24) is 5.32 Å². The summed E-state index contributed by atoms with van der Waals surface area (Å²) in [7, 11) is 0. The Kier molecular flexibility index (Phi) is 9.56. The molecule has 1 aliphatic rings. The number of nitrogens with one attached hydrogen (secondary N) is 1. The van der Waals surface area contributed by atoms with Crippen molar-refractivity contribution in [3.05, 3.63) is 23.8 Å². The fourth-order valence-electron chi connectivity index (χ4n) is 1.61. The van der Waals surface area contributed by atoms with E-state index in [-0.39, 0.29) is 0 Å². The van der Waals surface area contributed by atoms with Gasteiger partial charge in [0.25, 0.3) is 0 Å². The van der Waals surface area contributed by atoms with Crippen molar-refractivity contribution in [3.63, 3.8) is 0 Å². The smallest absolute Gasteiger partial charge is 0.407 e. The van der Waals surface area contributed by atoms with Crippen molar-refractivity contribution in [1.29, 1.82) is 0 Å². The first-order chi connectivity index (χ1) is 9.83. The van der Waals surface area contributed by atoms with E-state index in [9.17, 15) is 4.79 Å². The molecule has 1 rings (SSSR count). The van der Waals surface area contributed by atoms with E-state index >= 15 is 0 Å². The van der Waals surface area contributed by atoms with Gasteiger partial charge in [-0.15, -0.1) is 0 Å². The molecule has 0 saturated heterocycles. The average molecular weight is 284 g/mol. The van der Waals surface area contributed by atoms with E-state index in [1.807, 2.05) is 6.08 Å². The van der Waals surface area contributed by atoms with Gasteiger partial charge in [0.05, 0.1) is 26.4 Å². The maximum Gasteiger partial charge on any atom is 0.407 e. The summed E-state index contributed by atoms with van der Waals surface area (Å²) in [6.45, 7) is 3.23.